The van der Waals surface area contributed by atoms with Crippen molar-refractivity contribution in [1.82, 2.24) is 10.3 Å². The highest BCUT2D eigenvalue weighted by Gasteiger charge is 2.13. The first-order chi connectivity index (χ1) is 8.78. The molecule has 0 saturated heterocycles. The van der Waals surface area contributed by atoms with Crippen LogP contribution in [0.15, 0.2) is 5.38 Å². The molecular formula is C12H19N3O3S. The summed E-state index contributed by atoms with van der Waals surface area (Å²) in [7, 11) is 0. The lowest BCUT2D eigenvalue weighted by Crippen LogP contribution is -2.34. The molecule has 0 aliphatic carbocycles. The molecule has 6 nitrogen and oxygen atoms in total. The summed E-state index contributed by atoms with van der Waals surface area (Å²) in [5.41, 5.74) is 5.50. The molecule has 4 N–H and O–H groups in total. The zero-order valence-corrected chi connectivity index (χ0v) is 11.9. The number of rotatable bonds is 7. The molecule has 0 aromatic carbocycles. The van der Waals surface area contributed by atoms with E-state index in [0.29, 0.717) is 30.8 Å². The van der Waals surface area contributed by atoms with Gasteiger partial charge >= 0.3 is 5.97 Å². The number of carbonyl (C=O) groups excluding carboxylic acids is 1. The Morgan fingerprint density at radius 2 is 2.21 bits per heavy atom. The molecule has 0 fully saturated rings. The van der Waals surface area contributed by atoms with Crippen molar-refractivity contribution < 1.29 is 14.7 Å². The molecule has 1 aromatic heterocycles. The lowest BCUT2D eigenvalue weighted by atomic mass is 10.00. The van der Waals surface area contributed by atoms with E-state index in [1.54, 1.807) is 0 Å². The van der Waals surface area contributed by atoms with Gasteiger partial charge in [0.2, 0.25) is 5.91 Å². The van der Waals surface area contributed by atoms with Gasteiger partial charge in [0.25, 0.3) is 0 Å². The molecular weight excluding hydrogens is 266 g/mol. The minimum atomic E-state index is -1.03. The van der Waals surface area contributed by atoms with Gasteiger partial charge < -0.3 is 16.2 Å². The number of hydrogen-bond acceptors (Lipinski definition) is 5. The number of thiazole rings is 1. The lowest BCUT2D eigenvalue weighted by molar-refractivity contribution is -0.121. The number of amides is 1. The molecule has 1 amide bonds. The lowest BCUT2D eigenvalue weighted by Gasteiger charge is -2.17. The minimum Gasteiger partial charge on any atom is -0.476 e. The van der Waals surface area contributed by atoms with Gasteiger partial charge in [-0.15, -0.1) is 11.3 Å². The highest BCUT2D eigenvalue weighted by molar-refractivity contribution is 7.09. The van der Waals surface area contributed by atoms with E-state index in [4.69, 9.17) is 10.8 Å². The molecule has 0 spiro atoms. The average Bonchev–Trinajstić information content (AvgIpc) is 2.74. The molecule has 0 bridgehead atoms. The topological polar surface area (TPSA) is 105 Å². The second kappa shape index (κ2) is 6.63. The molecule has 0 saturated carbocycles. The molecule has 0 unspecified atom stereocenters. The van der Waals surface area contributed by atoms with E-state index in [1.807, 2.05) is 13.8 Å². The number of carboxylic acid groups (broad SMARTS) is 1. The Bertz CT molecular complexity index is 451. The van der Waals surface area contributed by atoms with Gasteiger partial charge in [-0.05, 0) is 20.3 Å². The monoisotopic (exact) mass is 285 g/mol. The van der Waals surface area contributed by atoms with Crippen molar-refractivity contribution >= 4 is 23.2 Å². The van der Waals surface area contributed by atoms with Crippen LogP contribution in [0.4, 0.5) is 0 Å². The third kappa shape index (κ3) is 6.30. The quantitative estimate of drug-likeness (QED) is 0.693. The minimum absolute atomic E-state index is 0.0476. The van der Waals surface area contributed by atoms with Crippen molar-refractivity contribution in [2.75, 3.05) is 6.54 Å². The number of nitrogens with zero attached hydrogens (tertiary/aromatic N) is 1. The van der Waals surface area contributed by atoms with Crippen LogP contribution in [-0.4, -0.2) is 34.1 Å². The zero-order valence-electron chi connectivity index (χ0n) is 11.1. The van der Waals surface area contributed by atoms with E-state index in [1.165, 1.54) is 16.7 Å². The number of carboxylic acids is 1. The maximum absolute atomic E-state index is 11.5. The largest absolute Gasteiger partial charge is 0.476 e. The number of aromatic carboxylic acids is 1. The molecule has 0 aliphatic heterocycles. The van der Waals surface area contributed by atoms with Gasteiger partial charge in [0, 0.05) is 30.3 Å². The van der Waals surface area contributed by atoms with Crippen molar-refractivity contribution in [2.24, 2.45) is 5.73 Å². The van der Waals surface area contributed by atoms with Gasteiger partial charge in [0.05, 0.1) is 5.01 Å². The average molecular weight is 285 g/mol. The summed E-state index contributed by atoms with van der Waals surface area (Å²) < 4.78 is 0. The fourth-order valence-corrected chi connectivity index (χ4v) is 2.13. The molecule has 0 atom stereocenters. The fourth-order valence-electron chi connectivity index (χ4n) is 1.36. The van der Waals surface area contributed by atoms with Crippen LogP contribution in [-0.2, 0) is 11.2 Å². The maximum Gasteiger partial charge on any atom is 0.355 e. The first-order valence-electron chi connectivity index (χ1n) is 6.01. The Kier molecular flexibility index (Phi) is 5.44. The molecule has 1 aromatic rings. The van der Waals surface area contributed by atoms with Crippen LogP contribution in [0.1, 0.15) is 42.2 Å². The molecule has 1 rings (SSSR count). The molecule has 0 aliphatic rings. The number of nitrogens with one attached hydrogen (secondary N) is 1. The van der Waals surface area contributed by atoms with Crippen molar-refractivity contribution in [3.8, 4) is 0 Å². The Balaban J connectivity index is 2.26. The molecule has 7 heteroatoms. The van der Waals surface area contributed by atoms with Crippen molar-refractivity contribution in [2.45, 2.75) is 38.6 Å². The highest BCUT2D eigenvalue weighted by Crippen LogP contribution is 2.10. The summed E-state index contributed by atoms with van der Waals surface area (Å²) in [6.45, 7) is 4.21. The predicted molar refractivity (Wildman–Crippen MR) is 73.3 cm³/mol. The van der Waals surface area contributed by atoms with Gasteiger partial charge in [-0.25, -0.2) is 9.78 Å². The maximum atomic E-state index is 11.5. The van der Waals surface area contributed by atoms with Crippen LogP contribution in [0.5, 0.6) is 0 Å². The molecule has 106 valence electrons. The van der Waals surface area contributed by atoms with Crippen LogP contribution in [0.25, 0.3) is 0 Å². The van der Waals surface area contributed by atoms with Gasteiger partial charge in [-0.1, -0.05) is 0 Å². The Morgan fingerprint density at radius 3 is 2.74 bits per heavy atom. The van der Waals surface area contributed by atoms with Gasteiger partial charge in [0.15, 0.2) is 5.69 Å². The summed E-state index contributed by atoms with van der Waals surface area (Å²) >= 11 is 1.28. The highest BCUT2D eigenvalue weighted by atomic mass is 32.1. The first kappa shape index (κ1) is 15.6. The molecule has 19 heavy (non-hydrogen) atoms. The third-order valence-corrected chi connectivity index (χ3v) is 3.34. The molecule has 1 heterocycles. The second-order valence-corrected chi connectivity index (χ2v) is 5.96. The smallest absolute Gasteiger partial charge is 0.355 e. The molecule has 0 radical (unpaired) electrons. The number of carbonyl (C=O) groups is 2. The normalized spacial score (nSPS) is 11.3. The third-order valence-electron chi connectivity index (χ3n) is 2.43. The summed E-state index contributed by atoms with van der Waals surface area (Å²) in [5.74, 6) is -1.08. The predicted octanol–water partition coefficient (Wildman–Crippen LogP) is 1.02. The van der Waals surface area contributed by atoms with Crippen LogP contribution in [0.3, 0.4) is 0 Å². The fraction of sp³-hybridized carbons (Fsp3) is 0.583. The van der Waals surface area contributed by atoms with E-state index in [2.05, 4.69) is 10.3 Å². The summed E-state index contributed by atoms with van der Waals surface area (Å²) in [6, 6.07) is 0. The van der Waals surface area contributed by atoms with Crippen LogP contribution in [0, 0.1) is 0 Å². The SMILES string of the molecule is CC(C)(N)CCC(=O)NCCc1nc(C(=O)O)cs1. The van der Waals surface area contributed by atoms with Crippen LogP contribution in [0.2, 0.25) is 0 Å². The van der Waals surface area contributed by atoms with Gasteiger partial charge in [-0.2, -0.15) is 0 Å². The van der Waals surface area contributed by atoms with Gasteiger partial charge in [-0.3, -0.25) is 4.79 Å². The van der Waals surface area contributed by atoms with E-state index in [9.17, 15) is 9.59 Å². The second-order valence-electron chi connectivity index (χ2n) is 5.02. The summed E-state index contributed by atoms with van der Waals surface area (Å²) in [5, 5.41) is 13.7. The van der Waals surface area contributed by atoms with E-state index >= 15 is 0 Å². The standard InChI is InChI=1S/C12H19N3O3S/c1-12(2,13)5-3-9(16)14-6-4-10-15-8(7-19-10)11(17)18/h7H,3-6,13H2,1-2H3,(H,14,16)(H,17,18). The van der Waals surface area contributed by atoms with Crippen molar-refractivity contribution in [3.05, 3.63) is 16.1 Å². The Morgan fingerprint density at radius 1 is 1.53 bits per heavy atom. The summed E-state index contributed by atoms with van der Waals surface area (Å²) in [4.78, 5) is 26.1. The van der Waals surface area contributed by atoms with Gasteiger partial charge in [0.1, 0.15) is 0 Å². The van der Waals surface area contributed by atoms with Crippen LogP contribution < -0.4 is 11.1 Å². The van der Waals surface area contributed by atoms with E-state index in [0.717, 1.165) is 0 Å². The summed E-state index contributed by atoms with van der Waals surface area (Å²) in [6.07, 6.45) is 1.55. The number of nitrogens with two attached hydrogens (primary N) is 1. The van der Waals surface area contributed by atoms with Crippen molar-refractivity contribution in [3.63, 3.8) is 0 Å². The first-order valence-corrected chi connectivity index (χ1v) is 6.89. The van der Waals surface area contributed by atoms with Crippen molar-refractivity contribution in [1.29, 1.82) is 0 Å². The zero-order chi connectivity index (χ0) is 14.5. The van der Waals surface area contributed by atoms with E-state index in [-0.39, 0.29) is 17.1 Å². The number of aromatic nitrogens is 1. The number of hydrogen-bond donors (Lipinski definition) is 3. The van der Waals surface area contributed by atoms with E-state index < -0.39 is 5.97 Å². The Labute approximate surface area is 116 Å². The van der Waals surface area contributed by atoms with Crippen LogP contribution >= 0.6 is 11.3 Å². The Hall–Kier alpha value is -1.47.